The lowest BCUT2D eigenvalue weighted by molar-refractivity contribution is 0.0992. The first-order valence-corrected chi connectivity index (χ1v) is 5.38. The van der Waals surface area contributed by atoms with Crippen LogP contribution in [-0.2, 0) is 6.42 Å². The first-order chi connectivity index (χ1) is 8.29. The van der Waals surface area contributed by atoms with Crippen molar-refractivity contribution in [2.45, 2.75) is 6.42 Å². The average molecular weight is 227 g/mol. The molecule has 1 aromatic carbocycles. The summed E-state index contributed by atoms with van der Waals surface area (Å²) in [4.78, 5) is 16.1. The molecule has 2 rings (SSSR count). The van der Waals surface area contributed by atoms with E-state index in [0.717, 1.165) is 5.69 Å². The monoisotopic (exact) mass is 227 g/mol. The molecule has 0 amide bonds. The van der Waals surface area contributed by atoms with E-state index in [2.05, 4.69) is 4.98 Å². The summed E-state index contributed by atoms with van der Waals surface area (Å²) in [6.07, 6.45) is 0.293. The molecular formula is C14H13NO2. The Labute approximate surface area is 100 Å². The van der Waals surface area contributed by atoms with Gasteiger partial charge in [-0.15, -0.1) is 0 Å². The summed E-state index contributed by atoms with van der Waals surface area (Å²) in [5, 5.41) is 0. The van der Waals surface area contributed by atoms with E-state index in [1.165, 1.54) is 0 Å². The summed E-state index contributed by atoms with van der Waals surface area (Å²) in [6.45, 7) is 0. The molecule has 0 saturated carbocycles. The van der Waals surface area contributed by atoms with Crippen molar-refractivity contribution >= 4 is 5.78 Å². The number of hydrogen-bond donors (Lipinski definition) is 0. The molecular weight excluding hydrogens is 214 g/mol. The summed E-state index contributed by atoms with van der Waals surface area (Å²) < 4.78 is 5.02. The second kappa shape index (κ2) is 5.25. The van der Waals surface area contributed by atoms with Crippen LogP contribution < -0.4 is 4.74 Å². The molecule has 0 bridgehead atoms. The lowest BCUT2D eigenvalue weighted by Crippen LogP contribution is -2.05. The highest BCUT2D eigenvalue weighted by Crippen LogP contribution is 2.10. The van der Waals surface area contributed by atoms with Crippen molar-refractivity contribution in [2.24, 2.45) is 0 Å². The SMILES string of the molecule is COc1cccc(CC(=O)c2ccccc2)n1. The van der Waals surface area contributed by atoms with Gasteiger partial charge in [-0.2, -0.15) is 0 Å². The fourth-order valence-electron chi connectivity index (χ4n) is 1.56. The maximum absolute atomic E-state index is 11.9. The van der Waals surface area contributed by atoms with Crippen LogP contribution in [0.3, 0.4) is 0 Å². The molecule has 0 N–H and O–H groups in total. The van der Waals surface area contributed by atoms with Crippen LogP contribution in [0, 0.1) is 0 Å². The lowest BCUT2D eigenvalue weighted by atomic mass is 10.1. The molecule has 1 aromatic heterocycles. The fourth-order valence-corrected chi connectivity index (χ4v) is 1.56. The van der Waals surface area contributed by atoms with Gasteiger partial charge in [-0.05, 0) is 6.07 Å². The van der Waals surface area contributed by atoms with Crippen LogP contribution in [0.5, 0.6) is 5.88 Å². The van der Waals surface area contributed by atoms with E-state index in [4.69, 9.17) is 4.74 Å². The highest BCUT2D eigenvalue weighted by atomic mass is 16.5. The number of Topliss-reactive ketones (excluding diaryl/α,β-unsaturated/α-hetero) is 1. The van der Waals surface area contributed by atoms with Crippen molar-refractivity contribution in [2.75, 3.05) is 7.11 Å². The Morgan fingerprint density at radius 2 is 1.88 bits per heavy atom. The second-order valence-corrected chi connectivity index (χ2v) is 3.64. The third kappa shape index (κ3) is 2.91. The number of methoxy groups -OCH3 is 1. The van der Waals surface area contributed by atoms with Crippen molar-refractivity contribution in [1.29, 1.82) is 0 Å². The van der Waals surface area contributed by atoms with Gasteiger partial charge in [0.15, 0.2) is 5.78 Å². The van der Waals surface area contributed by atoms with Gasteiger partial charge in [-0.3, -0.25) is 4.79 Å². The molecule has 0 fully saturated rings. The highest BCUT2D eigenvalue weighted by Gasteiger charge is 2.07. The second-order valence-electron chi connectivity index (χ2n) is 3.64. The minimum absolute atomic E-state index is 0.0614. The van der Waals surface area contributed by atoms with E-state index in [1.807, 2.05) is 42.5 Å². The van der Waals surface area contributed by atoms with Gasteiger partial charge < -0.3 is 4.74 Å². The largest absolute Gasteiger partial charge is 0.481 e. The first-order valence-electron chi connectivity index (χ1n) is 5.38. The number of carbonyl (C=O) groups is 1. The maximum Gasteiger partial charge on any atom is 0.213 e. The normalized spacial score (nSPS) is 9.94. The van der Waals surface area contributed by atoms with E-state index in [0.29, 0.717) is 17.9 Å². The van der Waals surface area contributed by atoms with E-state index in [9.17, 15) is 4.79 Å². The van der Waals surface area contributed by atoms with E-state index >= 15 is 0 Å². The molecule has 3 nitrogen and oxygen atoms in total. The van der Waals surface area contributed by atoms with Crippen LogP contribution in [0.25, 0.3) is 0 Å². The number of rotatable bonds is 4. The van der Waals surface area contributed by atoms with E-state index in [-0.39, 0.29) is 5.78 Å². The summed E-state index contributed by atoms with van der Waals surface area (Å²) >= 11 is 0. The third-order valence-electron chi connectivity index (χ3n) is 2.43. The Morgan fingerprint density at radius 3 is 2.59 bits per heavy atom. The molecule has 86 valence electrons. The molecule has 17 heavy (non-hydrogen) atoms. The Bertz CT molecular complexity index is 509. The Hall–Kier alpha value is -2.16. The average Bonchev–Trinajstić information content (AvgIpc) is 2.40. The van der Waals surface area contributed by atoms with Gasteiger partial charge in [0, 0.05) is 11.6 Å². The van der Waals surface area contributed by atoms with Crippen LogP contribution in [0.15, 0.2) is 48.5 Å². The van der Waals surface area contributed by atoms with Gasteiger partial charge in [0.2, 0.25) is 5.88 Å². The molecule has 0 atom stereocenters. The van der Waals surface area contributed by atoms with Gasteiger partial charge >= 0.3 is 0 Å². The van der Waals surface area contributed by atoms with Gasteiger partial charge in [0.1, 0.15) is 0 Å². The Balaban J connectivity index is 2.13. The molecule has 0 aliphatic carbocycles. The number of nitrogens with zero attached hydrogens (tertiary/aromatic N) is 1. The van der Waals surface area contributed by atoms with Crippen LogP contribution in [0.1, 0.15) is 16.1 Å². The number of benzene rings is 1. The lowest BCUT2D eigenvalue weighted by Gasteiger charge is -2.03. The predicted molar refractivity (Wildman–Crippen MR) is 65.3 cm³/mol. The molecule has 2 aromatic rings. The summed E-state index contributed by atoms with van der Waals surface area (Å²) in [7, 11) is 1.56. The van der Waals surface area contributed by atoms with E-state index in [1.54, 1.807) is 13.2 Å². The third-order valence-corrected chi connectivity index (χ3v) is 2.43. The van der Waals surface area contributed by atoms with Crippen molar-refractivity contribution in [3.8, 4) is 5.88 Å². The zero-order chi connectivity index (χ0) is 12.1. The molecule has 0 aliphatic rings. The molecule has 0 radical (unpaired) electrons. The van der Waals surface area contributed by atoms with Gasteiger partial charge in [-0.25, -0.2) is 4.98 Å². The summed E-state index contributed by atoms with van der Waals surface area (Å²) in [5.41, 5.74) is 1.43. The fraction of sp³-hybridized carbons (Fsp3) is 0.143. The van der Waals surface area contributed by atoms with Gasteiger partial charge in [-0.1, -0.05) is 36.4 Å². The molecule has 0 unspecified atom stereocenters. The number of hydrogen-bond acceptors (Lipinski definition) is 3. The predicted octanol–water partition coefficient (Wildman–Crippen LogP) is 2.52. The molecule has 0 spiro atoms. The topological polar surface area (TPSA) is 39.2 Å². The van der Waals surface area contributed by atoms with Crippen molar-refractivity contribution in [3.63, 3.8) is 0 Å². The number of carbonyl (C=O) groups excluding carboxylic acids is 1. The molecule has 3 heteroatoms. The molecule has 0 saturated heterocycles. The van der Waals surface area contributed by atoms with Crippen LogP contribution >= 0.6 is 0 Å². The molecule has 1 heterocycles. The van der Waals surface area contributed by atoms with Crippen molar-refractivity contribution in [3.05, 3.63) is 59.8 Å². The quantitative estimate of drug-likeness (QED) is 0.753. The standard InChI is InChI=1S/C14H13NO2/c1-17-14-9-5-8-12(15-14)10-13(16)11-6-3-2-4-7-11/h2-9H,10H2,1H3. The zero-order valence-electron chi connectivity index (χ0n) is 9.59. The maximum atomic E-state index is 11.9. The smallest absolute Gasteiger partial charge is 0.213 e. The Kier molecular flexibility index (Phi) is 3.50. The molecule has 0 aliphatic heterocycles. The van der Waals surface area contributed by atoms with Gasteiger partial charge in [0.05, 0.1) is 19.2 Å². The van der Waals surface area contributed by atoms with Crippen molar-refractivity contribution < 1.29 is 9.53 Å². The van der Waals surface area contributed by atoms with E-state index < -0.39 is 0 Å². The number of pyridine rings is 1. The highest BCUT2D eigenvalue weighted by molar-refractivity contribution is 5.97. The number of aromatic nitrogens is 1. The zero-order valence-corrected chi connectivity index (χ0v) is 9.59. The number of ketones is 1. The van der Waals surface area contributed by atoms with Crippen molar-refractivity contribution in [1.82, 2.24) is 4.98 Å². The number of ether oxygens (including phenoxy) is 1. The summed E-state index contributed by atoms with van der Waals surface area (Å²) in [6, 6.07) is 14.6. The minimum Gasteiger partial charge on any atom is -0.481 e. The van der Waals surface area contributed by atoms with Crippen LogP contribution in [0.2, 0.25) is 0 Å². The van der Waals surface area contributed by atoms with Crippen LogP contribution in [-0.4, -0.2) is 17.9 Å². The first kappa shape index (κ1) is 11.3. The van der Waals surface area contributed by atoms with Crippen LogP contribution in [0.4, 0.5) is 0 Å². The Morgan fingerprint density at radius 1 is 1.12 bits per heavy atom. The minimum atomic E-state index is 0.0614. The van der Waals surface area contributed by atoms with Gasteiger partial charge in [0.25, 0.3) is 0 Å². The summed E-state index contributed by atoms with van der Waals surface area (Å²) in [5.74, 6) is 0.592.